The van der Waals surface area contributed by atoms with Crippen LogP contribution in [0.5, 0.6) is 0 Å². The van der Waals surface area contributed by atoms with Gasteiger partial charge < -0.3 is 4.90 Å². The fourth-order valence-corrected chi connectivity index (χ4v) is 6.16. The van der Waals surface area contributed by atoms with E-state index < -0.39 is 0 Å². The first-order chi connectivity index (χ1) is 16.2. The Morgan fingerprint density at radius 1 is 0.879 bits per heavy atom. The number of aromatic nitrogens is 1. The van der Waals surface area contributed by atoms with Crippen molar-refractivity contribution >= 4 is 17.5 Å². The maximum absolute atomic E-state index is 13.1. The van der Waals surface area contributed by atoms with Crippen LogP contribution in [0.25, 0.3) is 11.1 Å². The van der Waals surface area contributed by atoms with E-state index in [-0.39, 0.29) is 5.92 Å². The highest BCUT2D eigenvalue weighted by atomic mass is 35.5. The van der Waals surface area contributed by atoms with E-state index in [0.717, 1.165) is 53.3 Å². The number of carbonyl (C=O) groups excluding carboxylic acids is 1. The monoisotopic (exact) mass is 465 g/mol. The highest BCUT2D eigenvalue weighted by molar-refractivity contribution is 6.31. The Hall–Kier alpha value is -1.91. The van der Waals surface area contributed by atoms with E-state index in [1.165, 1.54) is 64.5 Å². The number of benzene rings is 1. The van der Waals surface area contributed by atoms with Crippen LogP contribution in [0, 0.1) is 5.92 Å². The molecular formula is C28H36ClN3O. The minimum Gasteiger partial charge on any atom is -0.339 e. The van der Waals surface area contributed by atoms with Gasteiger partial charge in [-0.25, -0.2) is 0 Å². The summed E-state index contributed by atoms with van der Waals surface area (Å²) in [6.07, 6.45) is 13.8. The maximum Gasteiger partial charge on any atom is 0.226 e. The third kappa shape index (κ3) is 5.44. The first kappa shape index (κ1) is 22.9. The van der Waals surface area contributed by atoms with E-state index in [2.05, 4.69) is 34.1 Å². The van der Waals surface area contributed by atoms with Crippen LogP contribution >= 0.6 is 11.6 Å². The molecule has 0 spiro atoms. The van der Waals surface area contributed by atoms with Crippen LogP contribution in [-0.2, 0) is 17.8 Å². The summed E-state index contributed by atoms with van der Waals surface area (Å²) in [4.78, 5) is 22.4. The number of rotatable bonds is 6. The van der Waals surface area contributed by atoms with Gasteiger partial charge in [-0.05, 0) is 74.9 Å². The number of piperidine rings is 1. The van der Waals surface area contributed by atoms with Crippen molar-refractivity contribution in [2.45, 2.75) is 76.8 Å². The van der Waals surface area contributed by atoms with Crippen LogP contribution in [0.4, 0.5) is 0 Å². The molecule has 1 aliphatic carbocycles. The van der Waals surface area contributed by atoms with Gasteiger partial charge in [0.1, 0.15) is 0 Å². The Kier molecular flexibility index (Phi) is 7.32. The van der Waals surface area contributed by atoms with Gasteiger partial charge in [0.05, 0.1) is 5.69 Å². The average Bonchev–Trinajstić information content (AvgIpc) is 3.22. The van der Waals surface area contributed by atoms with Crippen molar-refractivity contribution in [2.24, 2.45) is 5.92 Å². The van der Waals surface area contributed by atoms with E-state index in [4.69, 9.17) is 16.6 Å². The van der Waals surface area contributed by atoms with E-state index in [1.54, 1.807) is 0 Å². The molecule has 1 atom stereocenters. The summed E-state index contributed by atoms with van der Waals surface area (Å²) in [7, 11) is 0. The summed E-state index contributed by atoms with van der Waals surface area (Å²) in [5, 5.41) is 0.758. The van der Waals surface area contributed by atoms with Gasteiger partial charge in [-0.1, -0.05) is 55.5 Å². The lowest BCUT2D eigenvalue weighted by Crippen LogP contribution is -2.39. The SMILES string of the molecule is O=C1C(Cc2ccc(-c3ccc(CN4CCCCC4)nc3)cc2Cl)CCN1C1CCCCC1. The van der Waals surface area contributed by atoms with Gasteiger partial charge in [0, 0.05) is 41.8 Å². The molecule has 1 aromatic heterocycles. The van der Waals surface area contributed by atoms with Crippen molar-refractivity contribution in [1.29, 1.82) is 0 Å². The molecular weight excluding hydrogens is 430 g/mol. The summed E-state index contributed by atoms with van der Waals surface area (Å²) in [6, 6.07) is 11.0. The standard InChI is InChI=1S/C28H36ClN3O/c29-27-18-21(24-11-12-25(30-19-24)20-31-14-5-2-6-15-31)9-10-22(27)17-23-13-16-32(28(23)33)26-7-3-1-4-8-26/h9-12,18-19,23,26H,1-8,13-17,20H2. The highest BCUT2D eigenvalue weighted by Crippen LogP contribution is 2.33. The summed E-state index contributed by atoms with van der Waals surface area (Å²) < 4.78 is 0. The van der Waals surface area contributed by atoms with Gasteiger partial charge in [0.25, 0.3) is 0 Å². The molecule has 3 fully saturated rings. The Morgan fingerprint density at radius 2 is 1.64 bits per heavy atom. The van der Waals surface area contributed by atoms with Gasteiger partial charge in [0.2, 0.25) is 5.91 Å². The van der Waals surface area contributed by atoms with Crippen molar-refractivity contribution in [3.63, 3.8) is 0 Å². The summed E-state index contributed by atoms with van der Waals surface area (Å²) >= 11 is 6.70. The molecule has 2 aliphatic heterocycles. The number of nitrogens with zero attached hydrogens (tertiary/aromatic N) is 3. The van der Waals surface area contributed by atoms with Gasteiger partial charge >= 0.3 is 0 Å². The fraction of sp³-hybridized carbons (Fsp3) is 0.571. The number of likely N-dealkylation sites (tertiary alicyclic amines) is 2. The van der Waals surface area contributed by atoms with Crippen molar-refractivity contribution in [2.75, 3.05) is 19.6 Å². The van der Waals surface area contributed by atoms with E-state index >= 15 is 0 Å². The molecule has 1 amide bonds. The number of amides is 1. The van der Waals surface area contributed by atoms with E-state index in [1.807, 2.05) is 12.3 Å². The van der Waals surface area contributed by atoms with Crippen LogP contribution < -0.4 is 0 Å². The molecule has 1 unspecified atom stereocenters. The molecule has 1 saturated carbocycles. The van der Waals surface area contributed by atoms with E-state index in [0.29, 0.717) is 11.9 Å². The minimum absolute atomic E-state index is 0.0750. The molecule has 176 valence electrons. The molecule has 33 heavy (non-hydrogen) atoms. The fourth-order valence-electron chi connectivity index (χ4n) is 5.90. The smallest absolute Gasteiger partial charge is 0.226 e. The first-order valence-electron chi connectivity index (χ1n) is 12.9. The maximum atomic E-state index is 13.1. The zero-order chi connectivity index (χ0) is 22.6. The number of pyridine rings is 1. The van der Waals surface area contributed by atoms with Gasteiger partial charge in [-0.2, -0.15) is 0 Å². The first-order valence-corrected chi connectivity index (χ1v) is 13.3. The van der Waals surface area contributed by atoms with Crippen LogP contribution in [-0.4, -0.2) is 46.4 Å². The van der Waals surface area contributed by atoms with Crippen LogP contribution in [0.3, 0.4) is 0 Å². The Bertz CT molecular complexity index is 948. The largest absolute Gasteiger partial charge is 0.339 e. The number of hydrogen-bond donors (Lipinski definition) is 0. The Labute approximate surface area is 203 Å². The summed E-state index contributed by atoms with van der Waals surface area (Å²) in [5.74, 6) is 0.418. The molecule has 3 heterocycles. The molecule has 5 rings (SSSR count). The van der Waals surface area contributed by atoms with Crippen molar-refractivity contribution in [3.05, 3.63) is 52.8 Å². The van der Waals surface area contributed by atoms with Crippen LogP contribution in [0.2, 0.25) is 5.02 Å². The summed E-state index contributed by atoms with van der Waals surface area (Å²) in [5.41, 5.74) is 4.39. The second-order valence-corrected chi connectivity index (χ2v) is 10.6. The van der Waals surface area contributed by atoms with Crippen molar-refractivity contribution in [3.8, 4) is 11.1 Å². The van der Waals surface area contributed by atoms with Gasteiger partial charge in [-0.3, -0.25) is 14.7 Å². The molecule has 2 aromatic rings. The Morgan fingerprint density at radius 3 is 2.36 bits per heavy atom. The second kappa shape index (κ2) is 10.6. The van der Waals surface area contributed by atoms with Gasteiger partial charge in [0.15, 0.2) is 0 Å². The van der Waals surface area contributed by atoms with Crippen LogP contribution in [0.1, 0.15) is 69.0 Å². The lowest BCUT2D eigenvalue weighted by atomic mass is 9.93. The molecule has 3 aliphatic rings. The quantitative estimate of drug-likeness (QED) is 0.516. The Balaban J connectivity index is 1.21. The number of carbonyl (C=O) groups is 1. The molecule has 5 heteroatoms. The predicted molar refractivity (Wildman–Crippen MR) is 134 cm³/mol. The second-order valence-electron chi connectivity index (χ2n) is 10.2. The zero-order valence-corrected chi connectivity index (χ0v) is 20.4. The third-order valence-electron chi connectivity index (χ3n) is 7.88. The van der Waals surface area contributed by atoms with Crippen molar-refractivity contribution < 1.29 is 4.79 Å². The normalized spacial score (nSPS) is 22.8. The number of hydrogen-bond acceptors (Lipinski definition) is 3. The lowest BCUT2D eigenvalue weighted by molar-refractivity contribution is -0.133. The topological polar surface area (TPSA) is 36.4 Å². The predicted octanol–water partition coefficient (Wildman–Crippen LogP) is 6.11. The third-order valence-corrected chi connectivity index (χ3v) is 8.23. The van der Waals surface area contributed by atoms with E-state index in [9.17, 15) is 4.79 Å². The molecule has 2 saturated heterocycles. The molecule has 4 nitrogen and oxygen atoms in total. The molecule has 0 bridgehead atoms. The summed E-state index contributed by atoms with van der Waals surface area (Å²) in [6.45, 7) is 4.22. The van der Waals surface area contributed by atoms with Gasteiger partial charge in [-0.15, -0.1) is 0 Å². The van der Waals surface area contributed by atoms with Crippen molar-refractivity contribution in [1.82, 2.24) is 14.8 Å². The molecule has 0 N–H and O–H groups in total. The highest BCUT2D eigenvalue weighted by Gasteiger charge is 2.36. The number of halogens is 1. The lowest BCUT2D eigenvalue weighted by Gasteiger charge is -2.31. The zero-order valence-electron chi connectivity index (χ0n) is 19.6. The average molecular weight is 466 g/mol. The van der Waals surface area contributed by atoms with Crippen LogP contribution in [0.15, 0.2) is 36.5 Å². The molecule has 1 aromatic carbocycles. The molecule has 0 radical (unpaired) electrons. The minimum atomic E-state index is 0.0750.